The Balaban J connectivity index is 1.98. The van der Waals surface area contributed by atoms with Crippen molar-refractivity contribution >= 4 is 17.6 Å². The van der Waals surface area contributed by atoms with Gasteiger partial charge in [-0.3, -0.25) is 4.79 Å². The van der Waals surface area contributed by atoms with Crippen LogP contribution in [0.2, 0.25) is 0 Å². The van der Waals surface area contributed by atoms with Gasteiger partial charge in [-0.15, -0.1) is 0 Å². The maximum atomic E-state index is 12.1. The fourth-order valence-corrected chi connectivity index (χ4v) is 1.92. The number of hydrogen-bond donors (Lipinski definition) is 2. The largest absolute Gasteiger partial charge is 0.448 e. The first kappa shape index (κ1) is 14.8. The summed E-state index contributed by atoms with van der Waals surface area (Å²) in [5.74, 6) is -0.912. The molecule has 0 aliphatic heterocycles. The van der Waals surface area contributed by atoms with Crippen LogP contribution in [0, 0.1) is 13.8 Å². The molecule has 1 heterocycles. The molecule has 2 N–H and O–H groups in total. The molecule has 1 amide bonds. The van der Waals surface area contributed by atoms with E-state index in [2.05, 4.69) is 10.3 Å². The number of amides is 1. The predicted molar refractivity (Wildman–Crippen MR) is 80.2 cm³/mol. The van der Waals surface area contributed by atoms with Crippen LogP contribution in [0.15, 0.2) is 36.5 Å². The smallest absolute Gasteiger partial charge is 0.355 e. The number of rotatable bonds is 4. The summed E-state index contributed by atoms with van der Waals surface area (Å²) in [4.78, 5) is 26.5. The lowest BCUT2D eigenvalue weighted by atomic mass is 10.1. The molecular formula is C16H18N2O3. The van der Waals surface area contributed by atoms with Crippen LogP contribution in [0.25, 0.3) is 0 Å². The van der Waals surface area contributed by atoms with Gasteiger partial charge in [0.05, 0.1) is 0 Å². The minimum absolute atomic E-state index is 0.321. The average molecular weight is 286 g/mol. The Morgan fingerprint density at radius 2 is 2.00 bits per heavy atom. The topological polar surface area (TPSA) is 71.2 Å². The summed E-state index contributed by atoms with van der Waals surface area (Å²) >= 11 is 0. The van der Waals surface area contributed by atoms with E-state index in [1.165, 1.54) is 0 Å². The lowest BCUT2D eigenvalue weighted by Crippen LogP contribution is -2.30. The van der Waals surface area contributed by atoms with E-state index in [4.69, 9.17) is 4.74 Å². The molecule has 2 rings (SSSR count). The normalized spacial score (nSPS) is 11.8. The molecule has 1 aromatic heterocycles. The van der Waals surface area contributed by atoms with E-state index in [0.29, 0.717) is 11.4 Å². The van der Waals surface area contributed by atoms with E-state index in [-0.39, 0.29) is 5.91 Å². The molecule has 0 saturated carbocycles. The lowest BCUT2D eigenvalue weighted by molar-refractivity contribution is -0.123. The molecule has 0 aliphatic carbocycles. The predicted octanol–water partition coefficient (Wildman–Crippen LogP) is 2.82. The number of aromatic nitrogens is 1. The van der Waals surface area contributed by atoms with Gasteiger partial charge in [0.1, 0.15) is 5.69 Å². The third-order valence-corrected chi connectivity index (χ3v) is 3.11. The molecule has 2 aromatic rings. The van der Waals surface area contributed by atoms with E-state index < -0.39 is 12.1 Å². The molecule has 0 spiro atoms. The summed E-state index contributed by atoms with van der Waals surface area (Å²) in [5.41, 5.74) is 3.12. The number of aryl methyl sites for hydroxylation is 2. The van der Waals surface area contributed by atoms with Gasteiger partial charge in [0.2, 0.25) is 0 Å². The Kier molecular flexibility index (Phi) is 4.42. The number of anilines is 1. The van der Waals surface area contributed by atoms with Crippen molar-refractivity contribution in [1.82, 2.24) is 4.98 Å². The molecule has 1 atom stereocenters. The van der Waals surface area contributed by atoms with E-state index >= 15 is 0 Å². The Hall–Kier alpha value is -2.56. The molecular weight excluding hydrogens is 268 g/mol. The van der Waals surface area contributed by atoms with Crippen LogP contribution in [-0.2, 0) is 9.53 Å². The second-order valence-electron chi connectivity index (χ2n) is 4.94. The first-order chi connectivity index (χ1) is 9.97. The first-order valence-corrected chi connectivity index (χ1v) is 6.70. The van der Waals surface area contributed by atoms with Gasteiger partial charge in [-0.2, -0.15) is 0 Å². The van der Waals surface area contributed by atoms with E-state index in [1.54, 1.807) is 25.3 Å². The molecule has 5 nitrogen and oxygen atoms in total. The van der Waals surface area contributed by atoms with E-state index in [0.717, 1.165) is 11.1 Å². The van der Waals surface area contributed by atoms with Crippen LogP contribution in [0.3, 0.4) is 0 Å². The zero-order valence-corrected chi connectivity index (χ0v) is 12.3. The van der Waals surface area contributed by atoms with Crippen molar-refractivity contribution in [1.29, 1.82) is 0 Å². The number of nitrogens with one attached hydrogen (secondary N) is 2. The minimum atomic E-state index is -0.874. The number of carbonyl (C=O) groups excluding carboxylic acids is 2. The van der Waals surface area contributed by atoms with E-state index in [9.17, 15) is 9.59 Å². The van der Waals surface area contributed by atoms with Crippen LogP contribution >= 0.6 is 0 Å². The van der Waals surface area contributed by atoms with Crippen molar-refractivity contribution in [2.75, 3.05) is 5.32 Å². The minimum Gasteiger partial charge on any atom is -0.448 e. The zero-order chi connectivity index (χ0) is 15.4. The monoisotopic (exact) mass is 286 g/mol. The van der Waals surface area contributed by atoms with E-state index in [1.807, 2.05) is 32.0 Å². The van der Waals surface area contributed by atoms with Crippen molar-refractivity contribution in [2.24, 2.45) is 0 Å². The Labute approximate surface area is 123 Å². The third-order valence-electron chi connectivity index (χ3n) is 3.11. The van der Waals surface area contributed by atoms with Crippen molar-refractivity contribution in [3.05, 3.63) is 53.3 Å². The van der Waals surface area contributed by atoms with Gasteiger partial charge in [0.25, 0.3) is 5.91 Å². The summed E-state index contributed by atoms with van der Waals surface area (Å²) in [6.07, 6.45) is 0.748. The van der Waals surface area contributed by atoms with Crippen molar-refractivity contribution in [3.8, 4) is 0 Å². The molecule has 0 radical (unpaired) electrons. The molecule has 1 aromatic carbocycles. The number of aromatic amines is 1. The second kappa shape index (κ2) is 6.26. The van der Waals surface area contributed by atoms with Gasteiger partial charge >= 0.3 is 5.97 Å². The highest BCUT2D eigenvalue weighted by Crippen LogP contribution is 2.16. The van der Waals surface area contributed by atoms with Gasteiger partial charge in [-0.05, 0) is 44.5 Å². The highest BCUT2D eigenvalue weighted by atomic mass is 16.5. The molecule has 5 heteroatoms. The Morgan fingerprint density at radius 3 is 2.62 bits per heavy atom. The summed E-state index contributed by atoms with van der Waals surface area (Å²) in [6.45, 7) is 5.44. The Bertz CT molecular complexity index is 648. The van der Waals surface area contributed by atoms with Gasteiger partial charge in [0.15, 0.2) is 6.10 Å². The van der Waals surface area contributed by atoms with Gasteiger partial charge in [0, 0.05) is 11.9 Å². The Morgan fingerprint density at radius 1 is 1.24 bits per heavy atom. The number of ether oxygens (including phenoxy) is 1. The summed E-state index contributed by atoms with van der Waals surface area (Å²) < 4.78 is 5.11. The summed E-state index contributed by atoms with van der Waals surface area (Å²) in [6, 6.07) is 9.01. The third kappa shape index (κ3) is 3.72. The van der Waals surface area contributed by atoms with Gasteiger partial charge in [-0.1, -0.05) is 17.7 Å². The number of H-pyrrole nitrogens is 1. The van der Waals surface area contributed by atoms with Crippen LogP contribution < -0.4 is 5.32 Å². The second-order valence-corrected chi connectivity index (χ2v) is 4.94. The standard InChI is InChI=1S/C16H18N2O3/c1-10-6-7-13(11(2)9-10)18-15(19)12(3)21-16(20)14-5-4-8-17-14/h4-9,12,17H,1-3H3,(H,18,19)/t12-/m1/s1. The fourth-order valence-electron chi connectivity index (χ4n) is 1.92. The number of esters is 1. The summed E-state index contributed by atoms with van der Waals surface area (Å²) in [7, 11) is 0. The quantitative estimate of drug-likeness (QED) is 0.849. The SMILES string of the molecule is Cc1ccc(NC(=O)[C@@H](C)OC(=O)c2ccc[nH]2)c(C)c1. The van der Waals surface area contributed by atoms with Crippen LogP contribution in [0.4, 0.5) is 5.69 Å². The zero-order valence-electron chi connectivity index (χ0n) is 12.3. The van der Waals surface area contributed by atoms with Gasteiger partial charge < -0.3 is 15.0 Å². The average Bonchev–Trinajstić information content (AvgIpc) is 2.95. The van der Waals surface area contributed by atoms with Crippen LogP contribution in [-0.4, -0.2) is 23.0 Å². The fraction of sp³-hybridized carbons (Fsp3) is 0.250. The molecule has 21 heavy (non-hydrogen) atoms. The molecule has 110 valence electrons. The van der Waals surface area contributed by atoms with Crippen LogP contribution in [0.1, 0.15) is 28.5 Å². The highest BCUT2D eigenvalue weighted by Gasteiger charge is 2.19. The molecule has 0 unspecified atom stereocenters. The molecule has 0 bridgehead atoms. The first-order valence-electron chi connectivity index (χ1n) is 6.70. The van der Waals surface area contributed by atoms with Crippen molar-refractivity contribution < 1.29 is 14.3 Å². The molecule has 0 aliphatic rings. The maximum absolute atomic E-state index is 12.1. The number of hydrogen-bond acceptors (Lipinski definition) is 3. The highest BCUT2D eigenvalue weighted by molar-refractivity contribution is 5.97. The van der Waals surface area contributed by atoms with Crippen molar-refractivity contribution in [2.45, 2.75) is 26.9 Å². The van der Waals surface area contributed by atoms with Gasteiger partial charge in [-0.25, -0.2) is 4.79 Å². The molecule has 0 fully saturated rings. The van der Waals surface area contributed by atoms with Crippen molar-refractivity contribution in [3.63, 3.8) is 0 Å². The maximum Gasteiger partial charge on any atom is 0.355 e. The number of benzene rings is 1. The summed E-state index contributed by atoms with van der Waals surface area (Å²) in [5, 5.41) is 2.76. The van der Waals surface area contributed by atoms with Crippen LogP contribution in [0.5, 0.6) is 0 Å². The lowest BCUT2D eigenvalue weighted by Gasteiger charge is -2.14. The molecule has 0 saturated heterocycles. The number of carbonyl (C=O) groups is 2.